The first-order valence-corrected chi connectivity index (χ1v) is 10.5. The van der Waals surface area contributed by atoms with E-state index >= 15 is 0 Å². The van der Waals surface area contributed by atoms with Crippen molar-refractivity contribution in [3.8, 4) is 5.75 Å². The molecule has 1 atom stereocenters. The fourth-order valence-corrected chi connectivity index (χ4v) is 3.88. The SMILES string of the molecule is COc1cccc(C(=O)N[C@@H](C)c2nnc3n2CCN(Cc2c(F)cccc2F)CC3)c1. The van der Waals surface area contributed by atoms with Crippen molar-refractivity contribution in [2.45, 2.75) is 32.5 Å². The minimum absolute atomic E-state index is 0.0734. The van der Waals surface area contributed by atoms with Gasteiger partial charge in [-0.15, -0.1) is 10.2 Å². The molecule has 0 unspecified atom stereocenters. The Kier molecular flexibility index (Phi) is 6.45. The molecule has 0 saturated heterocycles. The summed E-state index contributed by atoms with van der Waals surface area (Å²) in [5, 5.41) is 11.5. The van der Waals surface area contributed by atoms with Crippen LogP contribution in [0.1, 0.15) is 40.5 Å². The Morgan fingerprint density at radius 3 is 2.62 bits per heavy atom. The van der Waals surface area contributed by atoms with Crippen molar-refractivity contribution >= 4 is 5.91 Å². The molecule has 0 bridgehead atoms. The molecule has 32 heavy (non-hydrogen) atoms. The lowest BCUT2D eigenvalue weighted by atomic mass is 10.2. The summed E-state index contributed by atoms with van der Waals surface area (Å²) in [5.74, 6) is 0.729. The number of hydrogen-bond acceptors (Lipinski definition) is 5. The van der Waals surface area contributed by atoms with E-state index in [9.17, 15) is 13.6 Å². The second-order valence-electron chi connectivity index (χ2n) is 7.78. The molecule has 0 spiro atoms. The molecule has 2 heterocycles. The number of fused-ring (bicyclic) bond motifs is 1. The standard InChI is InChI=1S/C23H25F2N5O2/c1-15(26-23(31)16-5-3-6-17(13-16)32-2)22-28-27-21-9-10-29(11-12-30(21)22)14-18-19(24)7-4-8-20(18)25/h3-8,13,15H,9-12,14H2,1-2H3,(H,26,31)/t15-/m0/s1. The minimum atomic E-state index is -0.539. The van der Waals surface area contributed by atoms with E-state index in [1.807, 2.05) is 16.4 Å². The van der Waals surface area contributed by atoms with Crippen molar-refractivity contribution in [3.05, 3.63) is 76.9 Å². The number of amides is 1. The highest BCUT2D eigenvalue weighted by atomic mass is 19.1. The van der Waals surface area contributed by atoms with Gasteiger partial charge in [-0.2, -0.15) is 0 Å². The molecule has 1 N–H and O–H groups in total. The number of ether oxygens (including phenoxy) is 1. The number of carbonyl (C=O) groups excluding carboxylic acids is 1. The van der Waals surface area contributed by atoms with Crippen LogP contribution in [0.2, 0.25) is 0 Å². The van der Waals surface area contributed by atoms with E-state index < -0.39 is 11.6 Å². The van der Waals surface area contributed by atoms with E-state index in [2.05, 4.69) is 15.5 Å². The van der Waals surface area contributed by atoms with Gasteiger partial charge >= 0.3 is 0 Å². The Balaban J connectivity index is 1.44. The third-order valence-corrected chi connectivity index (χ3v) is 5.66. The number of rotatable bonds is 6. The molecular formula is C23H25F2N5O2. The van der Waals surface area contributed by atoms with Gasteiger partial charge in [-0.3, -0.25) is 9.69 Å². The monoisotopic (exact) mass is 441 g/mol. The summed E-state index contributed by atoms with van der Waals surface area (Å²) in [5.41, 5.74) is 0.564. The van der Waals surface area contributed by atoms with E-state index in [-0.39, 0.29) is 24.1 Å². The van der Waals surface area contributed by atoms with Crippen molar-refractivity contribution in [2.75, 3.05) is 20.2 Å². The smallest absolute Gasteiger partial charge is 0.251 e. The molecule has 3 aromatic rings. The summed E-state index contributed by atoms with van der Waals surface area (Å²) in [7, 11) is 1.55. The maximum Gasteiger partial charge on any atom is 0.251 e. The van der Waals surface area contributed by atoms with Crippen molar-refractivity contribution < 1.29 is 18.3 Å². The fraction of sp³-hybridized carbons (Fsp3) is 0.348. The van der Waals surface area contributed by atoms with E-state index in [0.717, 1.165) is 5.82 Å². The molecule has 7 nitrogen and oxygen atoms in total. The highest BCUT2D eigenvalue weighted by molar-refractivity contribution is 5.94. The highest BCUT2D eigenvalue weighted by Gasteiger charge is 2.24. The zero-order chi connectivity index (χ0) is 22.7. The largest absolute Gasteiger partial charge is 0.497 e. The van der Waals surface area contributed by atoms with Gasteiger partial charge in [0.15, 0.2) is 5.82 Å². The van der Waals surface area contributed by atoms with Crippen molar-refractivity contribution in [3.63, 3.8) is 0 Å². The van der Waals surface area contributed by atoms with Gasteiger partial charge in [-0.25, -0.2) is 8.78 Å². The molecule has 168 valence electrons. The van der Waals surface area contributed by atoms with E-state index in [1.165, 1.54) is 18.2 Å². The predicted octanol–water partition coefficient (Wildman–Crippen LogP) is 3.11. The second-order valence-corrected chi connectivity index (χ2v) is 7.78. The Bertz CT molecular complexity index is 1100. The Morgan fingerprint density at radius 2 is 1.88 bits per heavy atom. The van der Waals surface area contributed by atoms with Crippen LogP contribution < -0.4 is 10.1 Å². The number of nitrogens with one attached hydrogen (secondary N) is 1. The summed E-state index contributed by atoms with van der Waals surface area (Å²) in [6.45, 7) is 3.80. The zero-order valence-corrected chi connectivity index (χ0v) is 18.0. The van der Waals surface area contributed by atoms with E-state index in [1.54, 1.807) is 31.4 Å². The van der Waals surface area contributed by atoms with E-state index in [0.29, 0.717) is 43.2 Å². The van der Waals surface area contributed by atoms with Gasteiger partial charge in [0.05, 0.1) is 13.2 Å². The summed E-state index contributed by atoms with van der Waals surface area (Å²) in [6.07, 6.45) is 0.597. The topological polar surface area (TPSA) is 72.3 Å². The summed E-state index contributed by atoms with van der Waals surface area (Å²) >= 11 is 0. The normalized spacial score (nSPS) is 15.0. The van der Waals surface area contributed by atoms with Crippen molar-refractivity contribution in [1.29, 1.82) is 0 Å². The third-order valence-electron chi connectivity index (χ3n) is 5.66. The van der Waals surface area contributed by atoms with E-state index in [4.69, 9.17) is 4.74 Å². The molecule has 9 heteroatoms. The van der Waals surface area contributed by atoms with Crippen LogP contribution in [0.3, 0.4) is 0 Å². The summed E-state index contributed by atoms with van der Waals surface area (Å²) in [6, 6.07) is 10.5. The Morgan fingerprint density at radius 1 is 1.12 bits per heavy atom. The molecule has 0 fully saturated rings. The van der Waals surface area contributed by atoms with Crippen LogP contribution in [0.15, 0.2) is 42.5 Å². The van der Waals surface area contributed by atoms with Gasteiger partial charge in [0.1, 0.15) is 23.2 Å². The number of aromatic nitrogens is 3. The lowest BCUT2D eigenvalue weighted by Gasteiger charge is -2.20. The molecule has 1 aromatic heterocycles. The highest BCUT2D eigenvalue weighted by Crippen LogP contribution is 2.20. The van der Waals surface area contributed by atoms with Crippen molar-refractivity contribution in [2.24, 2.45) is 0 Å². The molecule has 2 aromatic carbocycles. The summed E-state index contributed by atoms with van der Waals surface area (Å²) < 4.78 is 35.3. The average Bonchev–Trinajstić information content (AvgIpc) is 3.10. The molecule has 1 aliphatic heterocycles. The minimum Gasteiger partial charge on any atom is -0.497 e. The molecule has 0 radical (unpaired) electrons. The van der Waals surface area contributed by atoms with Gasteiger partial charge < -0.3 is 14.6 Å². The van der Waals surface area contributed by atoms with Crippen LogP contribution in [0.4, 0.5) is 8.78 Å². The van der Waals surface area contributed by atoms with Crippen molar-refractivity contribution in [1.82, 2.24) is 25.0 Å². The lowest BCUT2D eigenvalue weighted by molar-refractivity contribution is 0.0937. The first-order chi connectivity index (χ1) is 15.5. The number of methoxy groups -OCH3 is 1. The van der Waals surface area contributed by atoms with Crippen LogP contribution in [0, 0.1) is 11.6 Å². The van der Waals surface area contributed by atoms with Gasteiger partial charge in [0.25, 0.3) is 5.91 Å². The molecule has 1 amide bonds. The number of nitrogens with zero attached hydrogens (tertiary/aromatic N) is 4. The summed E-state index contributed by atoms with van der Waals surface area (Å²) in [4.78, 5) is 14.7. The molecule has 1 aliphatic rings. The predicted molar refractivity (Wildman–Crippen MR) is 114 cm³/mol. The molecule has 0 saturated carbocycles. The molecular weight excluding hydrogens is 416 g/mol. The maximum atomic E-state index is 14.0. The molecule has 4 rings (SSSR count). The lowest BCUT2D eigenvalue weighted by Crippen LogP contribution is -2.30. The van der Waals surface area contributed by atoms with Crippen LogP contribution in [0.5, 0.6) is 5.75 Å². The van der Waals surface area contributed by atoms with Gasteiger partial charge in [-0.05, 0) is 37.3 Å². The average molecular weight is 441 g/mol. The molecule has 0 aliphatic carbocycles. The Hall–Kier alpha value is -3.33. The van der Waals surface area contributed by atoms with Crippen LogP contribution in [-0.2, 0) is 19.5 Å². The van der Waals surface area contributed by atoms with Gasteiger partial charge in [0.2, 0.25) is 0 Å². The Labute approximate surface area is 185 Å². The zero-order valence-electron chi connectivity index (χ0n) is 18.0. The maximum absolute atomic E-state index is 14.0. The third kappa shape index (κ3) is 4.62. The second kappa shape index (κ2) is 9.44. The first kappa shape index (κ1) is 21.9. The van der Waals surface area contributed by atoms with Gasteiger partial charge in [0, 0.05) is 43.7 Å². The quantitative estimate of drug-likeness (QED) is 0.637. The van der Waals surface area contributed by atoms with Crippen LogP contribution >= 0.6 is 0 Å². The number of hydrogen-bond donors (Lipinski definition) is 1. The number of halogens is 2. The van der Waals surface area contributed by atoms with Crippen LogP contribution in [-0.4, -0.2) is 45.8 Å². The van der Waals surface area contributed by atoms with Gasteiger partial charge in [-0.1, -0.05) is 12.1 Å². The van der Waals surface area contributed by atoms with Crippen LogP contribution in [0.25, 0.3) is 0 Å². The first-order valence-electron chi connectivity index (χ1n) is 10.5. The number of carbonyl (C=O) groups is 1. The fourth-order valence-electron chi connectivity index (χ4n) is 3.88. The number of benzene rings is 2.